The van der Waals surface area contributed by atoms with Crippen LogP contribution in [0.2, 0.25) is 0 Å². The molecule has 0 fully saturated rings. The SMILES string of the molecule is Cc1cc(-n2nnnc2-c2cc(N)ccc2Br)ccc1F. The lowest BCUT2D eigenvalue weighted by molar-refractivity contribution is 0.617. The summed E-state index contributed by atoms with van der Waals surface area (Å²) in [4.78, 5) is 0. The molecule has 0 spiro atoms. The Kier molecular flexibility index (Phi) is 3.42. The van der Waals surface area contributed by atoms with Gasteiger partial charge in [-0.1, -0.05) is 15.9 Å². The van der Waals surface area contributed by atoms with E-state index in [2.05, 4.69) is 31.5 Å². The summed E-state index contributed by atoms with van der Waals surface area (Å²) >= 11 is 3.46. The number of nitrogens with two attached hydrogens (primary N) is 1. The van der Waals surface area contributed by atoms with Crippen LogP contribution in [0.15, 0.2) is 40.9 Å². The largest absolute Gasteiger partial charge is 0.399 e. The fourth-order valence-corrected chi connectivity index (χ4v) is 2.43. The molecule has 106 valence electrons. The molecule has 1 heterocycles. The zero-order valence-electron chi connectivity index (χ0n) is 11.1. The van der Waals surface area contributed by atoms with Gasteiger partial charge in [0, 0.05) is 15.7 Å². The van der Waals surface area contributed by atoms with Crippen molar-refractivity contribution in [2.75, 3.05) is 5.73 Å². The second-order valence-corrected chi connectivity index (χ2v) is 5.44. The molecular weight excluding hydrogens is 337 g/mol. The zero-order chi connectivity index (χ0) is 15.0. The molecule has 21 heavy (non-hydrogen) atoms. The van der Waals surface area contributed by atoms with Crippen molar-refractivity contribution >= 4 is 21.6 Å². The van der Waals surface area contributed by atoms with E-state index in [0.29, 0.717) is 22.8 Å². The summed E-state index contributed by atoms with van der Waals surface area (Å²) in [5.74, 6) is 0.263. The van der Waals surface area contributed by atoms with Gasteiger partial charge in [0.05, 0.1) is 5.69 Å². The van der Waals surface area contributed by atoms with Gasteiger partial charge in [-0.25, -0.2) is 4.39 Å². The van der Waals surface area contributed by atoms with E-state index in [1.165, 1.54) is 6.07 Å². The van der Waals surface area contributed by atoms with Crippen LogP contribution in [0, 0.1) is 12.7 Å². The lowest BCUT2D eigenvalue weighted by atomic mass is 10.1. The van der Waals surface area contributed by atoms with E-state index in [0.717, 1.165) is 10.0 Å². The minimum atomic E-state index is -0.265. The van der Waals surface area contributed by atoms with Crippen LogP contribution in [0.5, 0.6) is 0 Å². The first-order chi connectivity index (χ1) is 10.1. The standard InChI is InChI=1S/C14H11BrFN5/c1-8-6-10(3-5-13(8)16)21-14(18-19-20-21)11-7-9(17)2-4-12(11)15/h2-7H,17H2,1H3. The minimum absolute atomic E-state index is 0.265. The number of nitrogen functional groups attached to an aromatic ring is 1. The highest BCUT2D eigenvalue weighted by Crippen LogP contribution is 2.29. The Morgan fingerprint density at radius 2 is 2.00 bits per heavy atom. The number of aryl methyl sites for hydroxylation is 1. The van der Waals surface area contributed by atoms with E-state index >= 15 is 0 Å². The van der Waals surface area contributed by atoms with Crippen LogP contribution in [-0.4, -0.2) is 20.2 Å². The number of tetrazole rings is 1. The third kappa shape index (κ3) is 2.52. The van der Waals surface area contributed by atoms with Crippen LogP contribution in [0.4, 0.5) is 10.1 Å². The van der Waals surface area contributed by atoms with Gasteiger partial charge in [0.15, 0.2) is 5.82 Å². The number of hydrogen-bond acceptors (Lipinski definition) is 4. The van der Waals surface area contributed by atoms with Crippen LogP contribution in [0.1, 0.15) is 5.56 Å². The smallest absolute Gasteiger partial charge is 0.188 e. The van der Waals surface area contributed by atoms with E-state index < -0.39 is 0 Å². The summed E-state index contributed by atoms with van der Waals surface area (Å²) < 4.78 is 15.8. The van der Waals surface area contributed by atoms with E-state index in [9.17, 15) is 4.39 Å². The molecule has 0 amide bonds. The van der Waals surface area contributed by atoms with E-state index in [1.807, 2.05) is 6.07 Å². The zero-order valence-corrected chi connectivity index (χ0v) is 12.7. The van der Waals surface area contributed by atoms with Crippen molar-refractivity contribution in [1.29, 1.82) is 0 Å². The molecule has 0 aliphatic heterocycles. The highest BCUT2D eigenvalue weighted by Gasteiger charge is 2.14. The number of benzene rings is 2. The summed E-state index contributed by atoms with van der Waals surface area (Å²) in [6.45, 7) is 1.69. The van der Waals surface area contributed by atoms with Gasteiger partial charge in [-0.3, -0.25) is 0 Å². The summed E-state index contributed by atoms with van der Waals surface area (Å²) in [6.07, 6.45) is 0. The molecule has 1 aromatic heterocycles. The second-order valence-electron chi connectivity index (χ2n) is 4.59. The lowest BCUT2D eigenvalue weighted by Crippen LogP contribution is -2.01. The van der Waals surface area contributed by atoms with Crippen LogP contribution in [0.3, 0.4) is 0 Å². The van der Waals surface area contributed by atoms with Gasteiger partial charge < -0.3 is 5.73 Å². The third-order valence-corrected chi connectivity index (χ3v) is 3.78. The molecule has 0 aliphatic carbocycles. The van der Waals surface area contributed by atoms with Gasteiger partial charge in [0.25, 0.3) is 0 Å². The molecule has 2 N–H and O–H groups in total. The predicted octanol–water partition coefficient (Wildman–Crippen LogP) is 3.12. The van der Waals surface area contributed by atoms with Crippen molar-refractivity contribution in [3.8, 4) is 17.1 Å². The monoisotopic (exact) mass is 347 g/mol. The Balaban J connectivity index is 2.17. The Morgan fingerprint density at radius 3 is 2.76 bits per heavy atom. The average molecular weight is 348 g/mol. The maximum atomic E-state index is 13.4. The topological polar surface area (TPSA) is 69.6 Å². The van der Waals surface area contributed by atoms with Gasteiger partial charge in [-0.2, -0.15) is 4.68 Å². The normalized spacial score (nSPS) is 10.8. The van der Waals surface area contributed by atoms with Crippen LogP contribution in [0.25, 0.3) is 17.1 Å². The fraction of sp³-hybridized carbons (Fsp3) is 0.0714. The molecule has 5 nitrogen and oxygen atoms in total. The lowest BCUT2D eigenvalue weighted by Gasteiger charge is -2.08. The molecule has 0 saturated heterocycles. The fourth-order valence-electron chi connectivity index (χ4n) is 2.00. The Bertz CT molecular complexity index is 815. The summed E-state index contributed by atoms with van der Waals surface area (Å²) in [6, 6.07) is 10.1. The van der Waals surface area contributed by atoms with E-state index in [1.54, 1.807) is 35.9 Å². The Labute approximate surface area is 128 Å². The molecule has 0 unspecified atom stereocenters. The minimum Gasteiger partial charge on any atom is -0.399 e. The van der Waals surface area contributed by atoms with Crippen molar-refractivity contribution in [2.45, 2.75) is 6.92 Å². The average Bonchev–Trinajstić information content (AvgIpc) is 2.93. The highest BCUT2D eigenvalue weighted by molar-refractivity contribution is 9.10. The van der Waals surface area contributed by atoms with Crippen molar-refractivity contribution in [2.24, 2.45) is 0 Å². The predicted molar refractivity (Wildman–Crippen MR) is 81.4 cm³/mol. The maximum Gasteiger partial charge on any atom is 0.188 e. The molecule has 7 heteroatoms. The number of halogens is 2. The first kappa shape index (κ1) is 13.7. The summed E-state index contributed by atoms with van der Waals surface area (Å²) in [5.41, 5.74) is 8.40. The van der Waals surface area contributed by atoms with Crippen LogP contribution in [-0.2, 0) is 0 Å². The number of rotatable bonds is 2. The molecule has 3 rings (SSSR count). The molecular formula is C14H11BrFN5. The molecule has 3 aromatic rings. The van der Waals surface area contributed by atoms with E-state index in [4.69, 9.17) is 5.73 Å². The van der Waals surface area contributed by atoms with Crippen LogP contribution < -0.4 is 5.73 Å². The van der Waals surface area contributed by atoms with Gasteiger partial charge in [0.1, 0.15) is 5.82 Å². The maximum absolute atomic E-state index is 13.4. The van der Waals surface area contributed by atoms with Gasteiger partial charge in [-0.15, -0.1) is 5.10 Å². The van der Waals surface area contributed by atoms with Gasteiger partial charge >= 0.3 is 0 Å². The number of nitrogens with zero attached hydrogens (tertiary/aromatic N) is 4. The molecule has 2 aromatic carbocycles. The van der Waals surface area contributed by atoms with Crippen molar-refractivity contribution in [3.63, 3.8) is 0 Å². The first-order valence-corrected chi connectivity index (χ1v) is 6.96. The highest BCUT2D eigenvalue weighted by atomic mass is 79.9. The molecule has 0 aliphatic rings. The Morgan fingerprint density at radius 1 is 1.19 bits per heavy atom. The number of anilines is 1. The van der Waals surface area contributed by atoms with Gasteiger partial charge in [-0.05, 0) is 59.3 Å². The molecule has 0 saturated carbocycles. The third-order valence-electron chi connectivity index (χ3n) is 3.09. The molecule has 0 radical (unpaired) electrons. The molecule has 0 atom stereocenters. The first-order valence-electron chi connectivity index (χ1n) is 6.16. The van der Waals surface area contributed by atoms with Crippen molar-refractivity contribution in [3.05, 3.63) is 52.3 Å². The van der Waals surface area contributed by atoms with Crippen molar-refractivity contribution < 1.29 is 4.39 Å². The Hall–Kier alpha value is -2.28. The van der Waals surface area contributed by atoms with Crippen molar-refractivity contribution in [1.82, 2.24) is 20.2 Å². The molecule has 0 bridgehead atoms. The van der Waals surface area contributed by atoms with Crippen LogP contribution >= 0.6 is 15.9 Å². The second kappa shape index (κ2) is 5.25. The summed E-state index contributed by atoms with van der Waals surface area (Å²) in [5, 5.41) is 11.7. The summed E-state index contributed by atoms with van der Waals surface area (Å²) in [7, 11) is 0. The number of hydrogen-bond donors (Lipinski definition) is 1. The quantitative estimate of drug-likeness (QED) is 0.723. The van der Waals surface area contributed by atoms with E-state index in [-0.39, 0.29) is 5.82 Å². The number of aromatic nitrogens is 4. The van der Waals surface area contributed by atoms with Gasteiger partial charge in [0.2, 0.25) is 0 Å².